The van der Waals surface area contributed by atoms with Gasteiger partial charge < -0.3 is 0 Å². The van der Waals surface area contributed by atoms with Crippen LogP contribution in [0.25, 0.3) is 0 Å². The van der Waals surface area contributed by atoms with Gasteiger partial charge in [0.1, 0.15) is 0 Å². The van der Waals surface area contributed by atoms with E-state index >= 15 is 0 Å². The normalized spacial score (nSPS) is 21.4. The Morgan fingerprint density at radius 1 is 0.821 bits per heavy atom. The molecule has 2 aliphatic rings. The maximum atomic E-state index is 2.68. The second-order valence-electron chi connectivity index (χ2n) is 10.1. The fourth-order valence-electron chi connectivity index (χ4n) is 6.07. The Morgan fingerprint density at radius 3 is 2.36 bits per heavy atom. The van der Waals surface area contributed by atoms with Gasteiger partial charge in [-0.2, -0.15) is 0 Å². The van der Waals surface area contributed by atoms with Gasteiger partial charge in [-0.15, -0.1) is 0 Å². The van der Waals surface area contributed by atoms with Crippen LogP contribution in [0.3, 0.4) is 0 Å². The van der Waals surface area contributed by atoms with Crippen LogP contribution in [-0.2, 0) is 18.3 Å². The number of benzene rings is 1. The predicted octanol–water partition coefficient (Wildman–Crippen LogP) is 8.93. The summed E-state index contributed by atoms with van der Waals surface area (Å²) in [5.41, 5.74) is 5.62. The summed E-state index contributed by atoms with van der Waals surface area (Å²) in [7, 11) is 0. The van der Waals surface area contributed by atoms with Crippen LogP contribution in [0.1, 0.15) is 133 Å². The molecule has 0 bridgehead atoms. The summed E-state index contributed by atoms with van der Waals surface area (Å²) in [5.74, 6) is 0.951. The van der Waals surface area contributed by atoms with Gasteiger partial charge in [-0.05, 0) is 66.5 Å². The smallest absolute Gasteiger partial charge is 0.00469 e. The molecule has 1 aromatic carbocycles. The minimum absolute atomic E-state index is 0.511. The van der Waals surface area contributed by atoms with Crippen LogP contribution in [0.2, 0.25) is 0 Å². The molecule has 0 N–H and O–H groups in total. The third kappa shape index (κ3) is 5.87. The van der Waals surface area contributed by atoms with Crippen molar-refractivity contribution >= 4 is 0 Å². The first-order valence-corrected chi connectivity index (χ1v) is 12.9. The molecule has 0 saturated heterocycles. The van der Waals surface area contributed by atoms with E-state index in [0.29, 0.717) is 5.41 Å². The van der Waals surface area contributed by atoms with Gasteiger partial charge in [0.15, 0.2) is 0 Å². The predicted molar refractivity (Wildman–Crippen MR) is 124 cm³/mol. The van der Waals surface area contributed by atoms with Gasteiger partial charge >= 0.3 is 0 Å². The summed E-state index contributed by atoms with van der Waals surface area (Å²) in [6, 6.07) is 7.78. The van der Waals surface area contributed by atoms with Gasteiger partial charge in [-0.3, -0.25) is 0 Å². The van der Waals surface area contributed by atoms with E-state index in [2.05, 4.69) is 32.0 Å². The van der Waals surface area contributed by atoms with E-state index in [1.807, 2.05) is 0 Å². The standard InChI is InChI=1S/C28H46/c1-3-5-7-8-11-19-28(20-12-9-13-21-28)27-18-17-25-22-24(14-10-6-4-2)15-16-26(25)23-27/h17-18,23-24H,3-16,19-22H2,1-2H3. The first kappa shape index (κ1) is 21.9. The average Bonchev–Trinajstić information content (AvgIpc) is 2.74. The first-order chi connectivity index (χ1) is 13.8. The summed E-state index contributed by atoms with van der Waals surface area (Å²) >= 11 is 0. The summed E-state index contributed by atoms with van der Waals surface area (Å²) < 4.78 is 0. The van der Waals surface area contributed by atoms with Gasteiger partial charge in [-0.1, -0.05) is 109 Å². The molecule has 3 rings (SSSR count). The van der Waals surface area contributed by atoms with Crippen molar-refractivity contribution in [1.29, 1.82) is 0 Å². The Balaban J connectivity index is 1.65. The largest absolute Gasteiger partial charge is 0.0654 e. The molecular formula is C28H46. The van der Waals surface area contributed by atoms with Crippen LogP contribution < -0.4 is 0 Å². The first-order valence-electron chi connectivity index (χ1n) is 12.9. The van der Waals surface area contributed by atoms with E-state index in [4.69, 9.17) is 0 Å². The second-order valence-corrected chi connectivity index (χ2v) is 10.1. The van der Waals surface area contributed by atoms with Crippen molar-refractivity contribution in [2.75, 3.05) is 0 Å². The molecule has 0 heteroatoms. The number of fused-ring (bicyclic) bond motifs is 1. The third-order valence-electron chi connectivity index (χ3n) is 7.93. The highest BCUT2D eigenvalue weighted by Gasteiger charge is 2.34. The molecule has 1 fully saturated rings. The zero-order valence-corrected chi connectivity index (χ0v) is 19.0. The fraction of sp³-hybridized carbons (Fsp3) is 0.786. The summed E-state index contributed by atoms with van der Waals surface area (Å²) in [4.78, 5) is 0. The van der Waals surface area contributed by atoms with Gasteiger partial charge in [0, 0.05) is 0 Å². The van der Waals surface area contributed by atoms with Crippen molar-refractivity contribution in [3.8, 4) is 0 Å². The second kappa shape index (κ2) is 11.4. The lowest BCUT2D eigenvalue weighted by Gasteiger charge is -2.39. The van der Waals surface area contributed by atoms with Crippen molar-refractivity contribution < 1.29 is 0 Å². The lowest BCUT2D eigenvalue weighted by Crippen LogP contribution is -2.29. The molecule has 0 radical (unpaired) electrons. The molecule has 0 nitrogen and oxygen atoms in total. The molecule has 1 saturated carbocycles. The number of unbranched alkanes of at least 4 members (excludes halogenated alkanes) is 6. The van der Waals surface area contributed by atoms with E-state index in [0.717, 1.165) is 5.92 Å². The van der Waals surface area contributed by atoms with Crippen molar-refractivity contribution in [3.63, 3.8) is 0 Å². The van der Waals surface area contributed by atoms with Crippen LogP contribution in [0, 0.1) is 5.92 Å². The highest BCUT2D eigenvalue weighted by Crippen LogP contribution is 2.44. The maximum Gasteiger partial charge on any atom is -0.00469 e. The minimum Gasteiger partial charge on any atom is -0.0654 e. The molecule has 1 aromatic rings. The summed E-state index contributed by atoms with van der Waals surface area (Å²) in [5, 5.41) is 0. The molecule has 0 heterocycles. The van der Waals surface area contributed by atoms with Crippen molar-refractivity contribution in [2.45, 2.75) is 135 Å². The molecule has 0 aromatic heterocycles. The average molecular weight is 383 g/mol. The van der Waals surface area contributed by atoms with Gasteiger partial charge in [0.25, 0.3) is 0 Å². The number of aryl methyl sites for hydroxylation is 1. The topological polar surface area (TPSA) is 0 Å². The van der Waals surface area contributed by atoms with Crippen LogP contribution in [-0.4, -0.2) is 0 Å². The molecular weight excluding hydrogens is 336 g/mol. The fourth-order valence-corrected chi connectivity index (χ4v) is 6.07. The third-order valence-corrected chi connectivity index (χ3v) is 7.93. The van der Waals surface area contributed by atoms with E-state index in [-0.39, 0.29) is 0 Å². The van der Waals surface area contributed by atoms with Gasteiger partial charge in [-0.25, -0.2) is 0 Å². The lowest BCUT2D eigenvalue weighted by atomic mass is 9.65. The van der Waals surface area contributed by atoms with E-state index in [1.54, 1.807) is 16.7 Å². The Hall–Kier alpha value is -0.780. The molecule has 158 valence electrons. The van der Waals surface area contributed by atoms with E-state index in [9.17, 15) is 0 Å². The number of rotatable bonds is 11. The van der Waals surface area contributed by atoms with Gasteiger partial charge in [0.05, 0.1) is 0 Å². The quantitative estimate of drug-likeness (QED) is 0.335. The Bertz CT molecular complexity index is 563. The van der Waals surface area contributed by atoms with Crippen LogP contribution in [0.5, 0.6) is 0 Å². The number of hydrogen-bond donors (Lipinski definition) is 0. The van der Waals surface area contributed by atoms with Crippen molar-refractivity contribution in [2.24, 2.45) is 5.92 Å². The van der Waals surface area contributed by atoms with Crippen LogP contribution in [0.15, 0.2) is 18.2 Å². The van der Waals surface area contributed by atoms with Crippen LogP contribution >= 0.6 is 0 Å². The summed E-state index contributed by atoms with van der Waals surface area (Å²) in [6.07, 6.45) is 25.6. The van der Waals surface area contributed by atoms with Crippen LogP contribution in [0.4, 0.5) is 0 Å². The highest BCUT2D eigenvalue weighted by atomic mass is 14.4. The molecule has 0 amide bonds. The SMILES string of the molecule is CCCCCCCC1(c2ccc3c(c2)CCC(CCCCC)C3)CCCCC1. The highest BCUT2D eigenvalue weighted by molar-refractivity contribution is 5.38. The van der Waals surface area contributed by atoms with E-state index < -0.39 is 0 Å². The minimum atomic E-state index is 0.511. The zero-order valence-electron chi connectivity index (χ0n) is 19.0. The molecule has 1 atom stereocenters. The monoisotopic (exact) mass is 382 g/mol. The van der Waals surface area contributed by atoms with Crippen molar-refractivity contribution in [3.05, 3.63) is 34.9 Å². The molecule has 0 spiro atoms. The Labute approximate surface area is 175 Å². The molecule has 28 heavy (non-hydrogen) atoms. The molecule has 1 unspecified atom stereocenters. The van der Waals surface area contributed by atoms with E-state index in [1.165, 1.54) is 116 Å². The Kier molecular flexibility index (Phi) is 8.94. The number of hydrogen-bond acceptors (Lipinski definition) is 0. The van der Waals surface area contributed by atoms with Gasteiger partial charge in [0.2, 0.25) is 0 Å². The molecule has 2 aliphatic carbocycles. The summed E-state index contributed by atoms with van der Waals surface area (Å²) in [6.45, 7) is 4.65. The zero-order chi connectivity index (χ0) is 19.7. The molecule has 0 aliphatic heterocycles. The van der Waals surface area contributed by atoms with Crippen molar-refractivity contribution in [1.82, 2.24) is 0 Å². The lowest BCUT2D eigenvalue weighted by molar-refractivity contribution is 0.265. The Morgan fingerprint density at radius 2 is 1.57 bits per heavy atom. The maximum absolute atomic E-state index is 2.68.